The van der Waals surface area contributed by atoms with Crippen molar-refractivity contribution < 1.29 is 8.53 Å². The first-order valence-corrected chi connectivity index (χ1v) is 14.5. The molecule has 0 atom stereocenters. The molecule has 0 aliphatic carbocycles. The molecule has 1 nitrogen and oxygen atoms in total. The van der Waals surface area contributed by atoms with Gasteiger partial charge in [0.15, 0.2) is 0 Å². The van der Waals surface area contributed by atoms with Gasteiger partial charge < -0.3 is 4.42 Å². The Morgan fingerprint density at radius 2 is 1.05 bits per heavy atom. The predicted octanol–water partition coefficient (Wildman–Crippen LogP) is 12.0. The molecule has 0 amide bonds. The molecule has 1 heterocycles. The van der Waals surface area contributed by atoms with Crippen molar-refractivity contribution in [1.29, 1.82) is 0 Å². The van der Waals surface area contributed by atoms with Crippen molar-refractivity contribution >= 4 is 54.3 Å². The van der Waals surface area contributed by atoms with E-state index in [1.165, 1.54) is 16.3 Å². The lowest BCUT2D eigenvalue weighted by atomic mass is 9.85. The standard InChI is InChI=1S/C42H26O/c1-2-13-28(14-3-1)40-32-17-6-8-19-34(32)41(35-20-9-7-18-33(35)40)37-23-11-22-36-38-26-29(24-25-39(38)43-42(36)37)31-21-10-15-27-12-4-5-16-30(27)31/h1-26H/i6D,7D,8D. The van der Waals surface area contributed by atoms with Gasteiger partial charge in [0.05, 0.1) is 4.11 Å². The van der Waals surface area contributed by atoms with Crippen LogP contribution in [0.2, 0.25) is 0 Å². The SMILES string of the molecule is [2H]c1ccc2c(-c3cccc4c3oc3ccc(-c5cccc6ccccc56)cc34)c3cc([2H])c([2H])cc3c(-c3ccccc3)c2c1. The molecule has 8 aromatic carbocycles. The topological polar surface area (TPSA) is 13.1 Å². The summed E-state index contributed by atoms with van der Waals surface area (Å²) < 4.78 is 32.5. The monoisotopic (exact) mass is 549 g/mol. The first-order valence-electron chi connectivity index (χ1n) is 16.0. The van der Waals surface area contributed by atoms with Gasteiger partial charge in [-0.2, -0.15) is 0 Å². The van der Waals surface area contributed by atoms with Crippen molar-refractivity contribution in [2.75, 3.05) is 0 Å². The smallest absolute Gasteiger partial charge is 0.143 e. The molecule has 0 N–H and O–H groups in total. The molecule has 1 heteroatoms. The summed E-state index contributed by atoms with van der Waals surface area (Å²) in [5, 5.41) is 8.15. The number of benzene rings is 8. The summed E-state index contributed by atoms with van der Waals surface area (Å²) in [5.74, 6) is 0. The minimum absolute atomic E-state index is 0.167. The highest BCUT2D eigenvalue weighted by Crippen LogP contribution is 2.46. The lowest BCUT2D eigenvalue weighted by Gasteiger charge is -2.17. The average Bonchev–Trinajstić information content (AvgIpc) is 3.46. The molecule has 0 bridgehead atoms. The summed E-state index contributed by atoms with van der Waals surface area (Å²) in [7, 11) is 0. The van der Waals surface area contributed by atoms with Gasteiger partial charge in [-0.25, -0.2) is 0 Å². The van der Waals surface area contributed by atoms with E-state index in [-0.39, 0.29) is 12.1 Å². The van der Waals surface area contributed by atoms with Gasteiger partial charge in [-0.05, 0) is 66.7 Å². The molecule has 0 saturated heterocycles. The van der Waals surface area contributed by atoms with Gasteiger partial charge in [0.1, 0.15) is 11.2 Å². The Balaban J connectivity index is 1.37. The minimum Gasteiger partial charge on any atom is -0.455 e. The molecule has 9 rings (SSSR count). The van der Waals surface area contributed by atoms with Gasteiger partial charge in [-0.15, -0.1) is 0 Å². The highest BCUT2D eigenvalue weighted by Gasteiger charge is 2.20. The van der Waals surface area contributed by atoms with E-state index in [0.717, 1.165) is 71.3 Å². The van der Waals surface area contributed by atoms with Crippen LogP contribution in [-0.2, 0) is 0 Å². The van der Waals surface area contributed by atoms with Crippen LogP contribution in [-0.4, -0.2) is 0 Å². The molecule has 0 spiro atoms. The first kappa shape index (κ1) is 21.1. The van der Waals surface area contributed by atoms with Crippen molar-refractivity contribution in [3.63, 3.8) is 0 Å². The van der Waals surface area contributed by atoms with Crippen LogP contribution in [0, 0.1) is 0 Å². The summed E-state index contributed by atoms with van der Waals surface area (Å²) in [4.78, 5) is 0. The molecular weight excluding hydrogens is 520 g/mol. The van der Waals surface area contributed by atoms with E-state index >= 15 is 0 Å². The molecule has 9 aromatic rings. The maximum Gasteiger partial charge on any atom is 0.143 e. The lowest BCUT2D eigenvalue weighted by molar-refractivity contribution is 0.670. The number of para-hydroxylation sites is 1. The Labute approximate surface area is 253 Å². The van der Waals surface area contributed by atoms with Crippen LogP contribution in [0.4, 0.5) is 0 Å². The summed E-state index contributed by atoms with van der Waals surface area (Å²) in [6.45, 7) is 0. The summed E-state index contributed by atoms with van der Waals surface area (Å²) in [5.41, 5.74) is 7.73. The van der Waals surface area contributed by atoms with E-state index < -0.39 is 0 Å². The molecule has 200 valence electrons. The molecule has 43 heavy (non-hydrogen) atoms. The zero-order valence-corrected chi connectivity index (χ0v) is 23.2. The van der Waals surface area contributed by atoms with E-state index in [1.54, 1.807) is 6.07 Å². The molecule has 0 aliphatic heterocycles. The lowest BCUT2D eigenvalue weighted by Crippen LogP contribution is -1.90. The van der Waals surface area contributed by atoms with Crippen LogP contribution in [0.15, 0.2) is 162 Å². The number of fused-ring (bicyclic) bond motifs is 6. The van der Waals surface area contributed by atoms with Gasteiger partial charge in [-0.1, -0.05) is 146 Å². The van der Waals surface area contributed by atoms with E-state index in [9.17, 15) is 0 Å². The van der Waals surface area contributed by atoms with Gasteiger partial charge in [0.2, 0.25) is 0 Å². The zero-order chi connectivity index (χ0) is 30.9. The largest absolute Gasteiger partial charge is 0.455 e. The Morgan fingerprint density at radius 3 is 1.93 bits per heavy atom. The second-order valence-electron chi connectivity index (χ2n) is 11.0. The van der Waals surface area contributed by atoms with E-state index in [1.807, 2.05) is 42.5 Å². The Kier molecular flexibility index (Phi) is 4.63. The van der Waals surface area contributed by atoms with Crippen LogP contribution in [0.3, 0.4) is 0 Å². The molecule has 1 aromatic heterocycles. The third-order valence-electron chi connectivity index (χ3n) is 8.68. The second kappa shape index (κ2) is 9.44. The van der Waals surface area contributed by atoms with E-state index in [2.05, 4.69) is 91.0 Å². The number of hydrogen-bond donors (Lipinski definition) is 0. The summed E-state index contributed by atoms with van der Waals surface area (Å²) in [6.07, 6.45) is 0. The highest BCUT2D eigenvalue weighted by atomic mass is 16.3. The van der Waals surface area contributed by atoms with Crippen molar-refractivity contribution in [1.82, 2.24) is 0 Å². The normalized spacial score (nSPS) is 12.7. The second-order valence-corrected chi connectivity index (χ2v) is 11.0. The van der Waals surface area contributed by atoms with Crippen LogP contribution in [0.5, 0.6) is 0 Å². The molecule has 0 unspecified atom stereocenters. The third kappa shape index (κ3) is 3.65. The Hall–Kier alpha value is -5.66. The number of hydrogen-bond acceptors (Lipinski definition) is 1. The fraction of sp³-hybridized carbons (Fsp3) is 0. The number of furan rings is 1. The zero-order valence-electron chi connectivity index (χ0n) is 26.2. The molecule has 0 radical (unpaired) electrons. The van der Waals surface area contributed by atoms with Crippen LogP contribution in [0.25, 0.3) is 87.6 Å². The molecule has 0 saturated carbocycles. The van der Waals surface area contributed by atoms with Crippen molar-refractivity contribution in [2.24, 2.45) is 0 Å². The maximum absolute atomic E-state index is 8.65. The number of rotatable bonds is 3. The third-order valence-corrected chi connectivity index (χ3v) is 8.68. The quantitative estimate of drug-likeness (QED) is 0.200. The van der Waals surface area contributed by atoms with Gasteiger partial charge in [-0.3, -0.25) is 0 Å². The highest BCUT2D eigenvalue weighted by molar-refractivity contribution is 6.24. The van der Waals surface area contributed by atoms with E-state index in [4.69, 9.17) is 8.53 Å². The van der Waals surface area contributed by atoms with Crippen LogP contribution in [0.1, 0.15) is 4.11 Å². The van der Waals surface area contributed by atoms with E-state index in [0.29, 0.717) is 6.04 Å². The maximum atomic E-state index is 8.65. The fourth-order valence-corrected chi connectivity index (χ4v) is 6.79. The average molecular weight is 550 g/mol. The summed E-state index contributed by atoms with van der Waals surface area (Å²) in [6, 6.07) is 47.8. The van der Waals surface area contributed by atoms with Gasteiger partial charge in [0, 0.05) is 21.9 Å². The van der Waals surface area contributed by atoms with Crippen molar-refractivity contribution in [3.05, 3.63) is 158 Å². The van der Waals surface area contributed by atoms with Crippen molar-refractivity contribution in [3.8, 4) is 33.4 Å². The molecule has 0 fully saturated rings. The minimum atomic E-state index is 0.167. The Bertz CT molecular complexity index is 2670. The summed E-state index contributed by atoms with van der Waals surface area (Å²) >= 11 is 0. The van der Waals surface area contributed by atoms with Gasteiger partial charge >= 0.3 is 0 Å². The fourth-order valence-electron chi connectivity index (χ4n) is 6.79. The Morgan fingerprint density at radius 1 is 0.395 bits per heavy atom. The molecule has 0 aliphatic rings. The molecular formula is C42H26O. The van der Waals surface area contributed by atoms with Crippen molar-refractivity contribution in [2.45, 2.75) is 0 Å². The van der Waals surface area contributed by atoms with Crippen LogP contribution >= 0.6 is 0 Å². The van der Waals surface area contributed by atoms with Crippen LogP contribution < -0.4 is 0 Å². The first-order chi connectivity index (χ1) is 22.5. The van der Waals surface area contributed by atoms with Gasteiger partial charge in [0.25, 0.3) is 0 Å². The predicted molar refractivity (Wildman–Crippen MR) is 183 cm³/mol.